The Bertz CT molecular complexity index is 296. The van der Waals surface area contributed by atoms with Crippen LogP contribution >= 0.6 is 0 Å². The largest absolute Gasteiger partial charge is 0.273 e. The molecule has 0 heterocycles. The normalized spacial score (nSPS) is 11.6. The highest BCUT2D eigenvalue weighted by Gasteiger charge is 2.09. The summed E-state index contributed by atoms with van der Waals surface area (Å²) in [6, 6.07) is 10.5. The van der Waals surface area contributed by atoms with E-state index in [4.69, 9.17) is 0 Å². The van der Waals surface area contributed by atoms with E-state index < -0.39 is 0 Å². The van der Waals surface area contributed by atoms with Crippen molar-refractivity contribution >= 4 is 5.69 Å². The molecule has 0 aliphatic carbocycles. The highest BCUT2D eigenvalue weighted by Crippen LogP contribution is 2.13. The van der Waals surface area contributed by atoms with Crippen LogP contribution in [0.25, 0.3) is 0 Å². The number of hydrogen-bond donors (Lipinski definition) is 0. The monoisotopic (exact) mass is 205 g/mol. The van der Waals surface area contributed by atoms with Crippen LogP contribution in [0.2, 0.25) is 0 Å². The van der Waals surface area contributed by atoms with E-state index in [2.05, 4.69) is 38.0 Å². The number of benzene rings is 1. The predicted molar refractivity (Wildman–Crippen MR) is 63.1 cm³/mol. The van der Waals surface area contributed by atoms with E-state index in [9.17, 15) is 0 Å². The minimum Gasteiger partial charge on any atom is -0.273 e. The highest BCUT2D eigenvalue weighted by atomic mass is 15.6. The minimum atomic E-state index is 0.373. The van der Waals surface area contributed by atoms with Crippen LogP contribution in [0.1, 0.15) is 27.7 Å². The van der Waals surface area contributed by atoms with Gasteiger partial charge in [-0.1, -0.05) is 23.4 Å². The van der Waals surface area contributed by atoms with Gasteiger partial charge in [-0.25, -0.2) is 0 Å². The Hall–Kier alpha value is -1.38. The second-order valence-corrected chi connectivity index (χ2v) is 4.09. The first-order chi connectivity index (χ1) is 7.11. The zero-order valence-electron chi connectivity index (χ0n) is 9.88. The van der Waals surface area contributed by atoms with E-state index >= 15 is 0 Å². The molecule has 15 heavy (non-hydrogen) atoms. The van der Waals surface area contributed by atoms with Crippen molar-refractivity contribution in [3.63, 3.8) is 0 Å². The van der Waals surface area contributed by atoms with E-state index in [1.54, 1.807) is 0 Å². The second-order valence-electron chi connectivity index (χ2n) is 4.09. The first-order valence-corrected chi connectivity index (χ1v) is 5.36. The third-order valence-corrected chi connectivity index (χ3v) is 2.08. The van der Waals surface area contributed by atoms with Crippen LogP contribution in [0.5, 0.6) is 0 Å². The molecule has 1 rings (SSSR count). The van der Waals surface area contributed by atoms with Crippen LogP contribution in [0.4, 0.5) is 5.69 Å². The molecule has 0 spiro atoms. The maximum absolute atomic E-state index is 4.25. The smallest absolute Gasteiger partial charge is 0.0874 e. The van der Waals surface area contributed by atoms with E-state index in [0.717, 1.165) is 5.69 Å². The zero-order valence-corrected chi connectivity index (χ0v) is 9.88. The van der Waals surface area contributed by atoms with Crippen LogP contribution in [0.3, 0.4) is 0 Å². The molecule has 82 valence electrons. The molecule has 0 radical (unpaired) electrons. The summed E-state index contributed by atoms with van der Waals surface area (Å²) < 4.78 is 0. The molecule has 0 bridgehead atoms. The summed E-state index contributed by atoms with van der Waals surface area (Å²) in [4.78, 5) is 0. The molecule has 0 aliphatic heterocycles. The van der Waals surface area contributed by atoms with Gasteiger partial charge >= 0.3 is 0 Å². The van der Waals surface area contributed by atoms with Crippen LogP contribution in [-0.4, -0.2) is 17.1 Å². The molecule has 3 nitrogen and oxygen atoms in total. The molecule has 0 saturated carbocycles. The lowest BCUT2D eigenvalue weighted by atomic mass is 10.3. The molecule has 0 N–H and O–H groups in total. The maximum Gasteiger partial charge on any atom is 0.0874 e. The Kier molecular flexibility index (Phi) is 4.28. The van der Waals surface area contributed by atoms with Crippen LogP contribution < -0.4 is 0 Å². The molecule has 0 amide bonds. The van der Waals surface area contributed by atoms with Crippen molar-refractivity contribution in [2.75, 3.05) is 0 Å². The predicted octanol–water partition coefficient (Wildman–Crippen LogP) is 3.80. The van der Waals surface area contributed by atoms with Gasteiger partial charge in [-0.15, -0.1) is 5.11 Å². The molecule has 0 saturated heterocycles. The molecule has 0 fully saturated rings. The summed E-state index contributed by atoms with van der Waals surface area (Å²) in [6.07, 6.45) is 0. The molecule has 0 aliphatic rings. The lowest BCUT2D eigenvalue weighted by Gasteiger charge is -2.25. The van der Waals surface area contributed by atoms with Crippen molar-refractivity contribution in [2.45, 2.75) is 39.8 Å². The fraction of sp³-hybridized carbons (Fsp3) is 0.500. The Morgan fingerprint density at radius 1 is 0.933 bits per heavy atom. The fourth-order valence-corrected chi connectivity index (χ4v) is 1.40. The van der Waals surface area contributed by atoms with E-state index in [1.165, 1.54) is 0 Å². The van der Waals surface area contributed by atoms with Crippen molar-refractivity contribution in [1.29, 1.82) is 0 Å². The third-order valence-electron chi connectivity index (χ3n) is 2.08. The topological polar surface area (TPSA) is 28.0 Å². The highest BCUT2D eigenvalue weighted by molar-refractivity contribution is 5.34. The standard InChI is InChI=1S/C12H19N3/c1-10(2)15(11(3)4)14-13-12-8-6-5-7-9-12/h5-11H,1-4H3/b14-13+. The molecular weight excluding hydrogens is 186 g/mol. The van der Waals surface area contributed by atoms with E-state index in [-0.39, 0.29) is 0 Å². The molecule has 0 atom stereocenters. The van der Waals surface area contributed by atoms with Gasteiger partial charge in [0.05, 0.1) is 5.69 Å². The van der Waals surface area contributed by atoms with Gasteiger partial charge in [0.15, 0.2) is 0 Å². The molecular formula is C12H19N3. The van der Waals surface area contributed by atoms with Crippen molar-refractivity contribution in [2.24, 2.45) is 10.3 Å². The number of nitrogens with zero attached hydrogens (tertiary/aromatic N) is 3. The van der Waals surface area contributed by atoms with Gasteiger partial charge in [0.1, 0.15) is 0 Å². The fourth-order valence-electron chi connectivity index (χ4n) is 1.40. The van der Waals surface area contributed by atoms with Crippen molar-refractivity contribution in [1.82, 2.24) is 5.01 Å². The zero-order chi connectivity index (χ0) is 11.3. The maximum atomic E-state index is 4.25. The lowest BCUT2D eigenvalue weighted by Crippen LogP contribution is -2.31. The average Bonchev–Trinajstić information content (AvgIpc) is 2.18. The van der Waals surface area contributed by atoms with Crippen LogP contribution in [0, 0.1) is 0 Å². The lowest BCUT2D eigenvalue weighted by molar-refractivity contribution is 0.169. The quantitative estimate of drug-likeness (QED) is 0.542. The van der Waals surface area contributed by atoms with Gasteiger partial charge in [-0.05, 0) is 39.8 Å². The van der Waals surface area contributed by atoms with Crippen molar-refractivity contribution in [3.8, 4) is 0 Å². The van der Waals surface area contributed by atoms with Gasteiger partial charge < -0.3 is 0 Å². The Morgan fingerprint density at radius 2 is 1.47 bits per heavy atom. The van der Waals surface area contributed by atoms with E-state index in [0.29, 0.717) is 12.1 Å². The van der Waals surface area contributed by atoms with E-state index in [1.807, 2.05) is 35.3 Å². The molecule has 1 aromatic rings. The second kappa shape index (κ2) is 5.49. The first kappa shape index (κ1) is 11.7. The minimum absolute atomic E-state index is 0.373. The Morgan fingerprint density at radius 3 is 1.93 bits per heavy atom. The summed E-state index contributed by atoms with van der Waals surface area (Å²) in [7, 11) is 0. The summed E-state index contributed by atoms with van der Waals surface area (Å²) in [5, 5.41) is 10.4. The van der Waals surface area contributed by atoms with Crippen molar-refractivity contribution in [3.05, 3.63) is 30.3 Å². The summed E-state index contributed by atoms with van der Waals surface area (Å²) >= 11 is 0. The Labute approximate surface area is 91.8 Å². The van der Waals surface area contributed by atoms with Crippen LogP contribution in [-0.2, 0) is 0 Å². The van der Waals surface area contributed by atoms with Gasteiger partial charge in [0, 0.05) is 12.1 Å². The van der Waals surface area contributed by atoms with Gasteiger partial charge in [-0.3, -0.25) is 5.01 Å². The SMILES string of the molecule is CC(C)N(/N=N/c1ccccc1)C(C)C. The van der Waals surface area contributed by atoms with Gasteiger partial charge in [0.25, 0.3) is 0 Å². The number of rotatable bonds is 4. The van der Waals surface area contributed by atoms with Gasteiger partial charge in [0.2, 0.25) is 0 Å². The average molecular weight is 205 g/mol. The summed E-state index contributed by atoms with van der Waals surface area (Å²) in [5.41, 5.74) is 0.892. The number of hydrogen-bond acceptors (Lipinski definition) is 2. The molecule has 1 aromatic carbocycles. The molecule has 3 heteroatoms. The Balaban J connectivity index is 2.70. The third kappa shape index (κ3) is 3.70. The molecule has 0 unspecified atom stereocenters. The summed E-state index contributed by atoms with van der Waals surface area (Å²) in [6.45, 7) is 8.46. The first-order valence-electron chi connectivity index (χ1n) is 5.36. The van der Waals surface area contributed by atoms with Gasteiger partial charge in [-0.2, -0.15) is 0 Å². The van der Waals surface area contributed by atoms with Crippen LogP contribution in [0.15, 0.2) is 40.7 Å². The van der Waals surface area contributed by atoms with Crippen molar-refractivity contribution < 1.29 is 0 Å². The molecule has 0 aromatic heterocycles. The summed E-state index contributed by atoms with van der Waals surface area (Å²) in [5.74, 6) is 0.